The van der Waals surface area contributed by atoms with Gasteiger partial charge in [-0.3, -0.25) is 24.1 Å². The fraction of sp³-hybridized carbons (Fsp3) is 0.273. The third kappa shape index (κ3) is 4.03. The summed E-state index contributed by atoms with van der Waals surface area (Å²) in [5, 5.41) is 2.84. The first-order chi connectivity index (χ1) is 14.0. The number of likely N-dealkylation sites (tertiary alicyclic amines) is 1. The first-order valence-corrected chi connectivity index (χ1v) is 9.65. The van der Waals surface area contributed by atoms with Gasteiger partial charge in [-0.1, -0.05) is 18.2 Å². The number of carbonyl (C=O) groups excluding carboxylic acids is 4. The van der Waals surface area contributed by atoms with Crippen LogP contribution in [0.15, 0.2) is 48.5 Å². The van der Waals surface area contributed by atoms with E-state index < -0.39 is 0 Å². The molecule has 0 radical (unpaired) electrons. The van der Waals surface area contributed by atoms with Crippen molar-refractivity contribution in [3.05, 3.63) is 59.7 Å². The number of anilines is 2. The Morgan fingerprint density at radius 1 is 0.897 bits per heavy atom. The highest BCUT2D eigenvalue weighted by molar-refractivity contribution is 6.20. The van der Waals surface area contributed by atoms with Crippen LogP contribution in [-0.4, -0.2) is 35.1 Å². The molecule has 7 nitrogen and oxygen atoms in total. The minimum atomic E-state index is -0.333. The Labute approximate surface area is 168 Å². The number of nitrogens with zero attached hydrogens (tertiary/aromatic N) is 2. The molecule has 2 aromatic rings. The summed E-state index contributed by atoms with van der Waals surface area (Å²) in [6, 6.07) is 13.9. The SMILES string of the molecule is O=C(Nc1cccc(CN2CCCC2=O)c1)c1cccc(N2C(=O)CCC2=O)c1. The van der Waals surface area contributed by atoms with Gasteiger partial charge in [-0.25, -0.2) is 0 Å². The minimum absolute atomic E-state index is 0.155. The molecule has 2 aliphatic heterocycles. The highest BCUT2D eigenvalue weighted by Crippen LogP contribution is 2.24. The Morgan fingerprint density at radius 3 is 2.38 bits per heavy atom. The van der Waals surface area contributed by atoms with Gasteiger partial charge in [-0.15, -0.1) is 0 Å². The topological polar surface area (TPSA) is 86.8 Å². The molecule has 1 N–H and O–H groups in total. The Bertz CT molecular complexity index is 985. The predicted octanol–water partition coefficient (Wildman–Crippen LogP) is 2.71. The van der Waals surface area contributed by atoms with Crippen LogP contribution in [0.2, 0.25) is 0 Å². The molecule has 148 valence electrons. The van der Waals surface area contributed by atoms with E-state index in [2.05, 4.69) is 5.32 Å². The fourth-order valence-corrected chi connectivity index (χ4v) is 3.69. The second-order valence-electron chi connectivity index (χ2n) is 7.25. The summed E-state index contributed by atoms with van der Waals surface area (Å²) in [7, 11) is 0. The van der Waals surface area contributed by atoms with E-state index in [9.17, 15) is 19.2 Å². The number of hydrogen-bond acceptors (Lipinski definition) is 4. The molecule has 0 spiro atoms. The van der Waals surface area contributed by atoms with Gasteiger partial charge in [0.05, 0.1) is 5.69 Å². The van der Waals surface area contributed by atoms with Crippen LogP contribution >= 0.6 is 0 Å². The van der Waals surface area contributed by atoms with Crippen LogP contribution in [0.3, 0.4) is 0 Å². The minimum Gasteiger partial charge on any atom is -0.338 e. The van der Waals surface area contributed by atoms with E-state index in [0.717, 1.165) is 23.4 Å². The van der Waals surface area contributed by atoms with Crippen molar-refractivity contribution in [3.63, 3.8) is 0 Å². The van der Waals surface area contributed by atoms with Crippen LogP contribution in [0, 0.1) is 0 Å². The van der Waals surface area contributed by atoms with E-state index in [-0.39, 0.29) is 36.5 Å². The molecule has 0 aliphatic carbocycles. The highest BCUT2D eigenvalue weighted by atomic mass is 16.2. The molecule has 0 aromatic heterocycles. The van der Waals surface area contributed by atoms with Gasteiger partial charge in [0.15, 0.2) is 0 Å². The van der Waals surface area contributed by atoms with Gasteiger partial charge in [0.1, 0.15) is 0 Å². The summed E-state index contributed by atoms with van der Waals surface area (Å²) in [4.78, 5) is 51.3. The molecule has 29 heavy (non-hydrogen) atoms. The third-order valence-electron chi connectivity index (χ3n) is 5.15. The number of imide groups is 1. The lowest BCUT2D eigenvalue weighted by Gasteiger charge is -2.16. The van der Waals surface area contributed by atoms with Crippen molar-refractivity contribution < 1.29 is 19.2 Å². The van der Waals surface area contributed by atoms with Gasteiger partial charge >= 0.3 is 0 Å². The average molecular weight is 391 g/mol. The van der Waals surface area contributed by atoms with Gasteiger partial charge in [0, 0.05) is 43.6 Å². The molecule has 2 saturated heterocycles. The van der Waals surface area contributed by atoms with E-state index in [0.29, 0.717) is 29.9 Å². The Hall–Kier alpha value is -3.48. The van der Waals surface area contributed by atoms with Crippen molar-refractivity contribution in [2.24, 2.45) is 0 Å². The monoisotopic (exact) mass is 391 g/mol. The second kappa shape index (κ2) is 7.87. The van der Waals surface area contributed by atoms with E-state index in [1.54, 1.807) is 30.3 Å². The van der Waals surface area contributed by atoms with Crippen LogP contribution in [0.25, 0.3) is 0 Å². The van der Waals surface area contributed by atoms with Crippen LogP contribution in [0.4, 0.5) is 11.4 Å². The zero-order valence-electron chi connectivity index (χ0n) is 15.9. The number of carbonyl (C=O) groups is 4. The largest absolute Gasteiger partial charge is 0.338 e. The zero-order valence-corrected chi connectivity index (χ0v) is 15.9. The lowest BCUT2D eigenvalue weighted by atomic mass is 10.1. The van der Waals surface area contributed by atoms with Crippen LogP contribution in [-0.2, 0) is 20.9 Å². The molecule has 7 heteroatoms. The highest BCUT2D eigenvalue weighted by Gasteiger charge is 2.30. The van der Waals surface area contributed by atoms with Crippen molar-refractivity contribution >= 4 is 35.0 Å². The summed E-state index contributed by atoms with van der Waals surface area (Å²) >= 11 is 0. The fourth-order valence-electron chi connectivity index (χ4n) is 3.69. The lowest BCUT2D eigenvalue weighted by Crippen LogP contribution is -2.28. The van der Waals surface area contributed by atoms with E-state index in [1.165, 1.54) is 0 Å². The molecule has 0 bridgehead atoms. The smallest absolute Gasteiger partial charge is 0.255 e. The summed E-state index contributed by atoms with van der Waals surface area (Å²) in [5.41, 5.74) is 2.33. The molecule has 2 aromatic carbocycles. The molecule has 2 heterocycles. The van der Waals surface area contributed by atoms with Gasteiger partial charge in [-0.05, 0) is 42.3 Å². The average Bonchev–Trinajstić information content (AvgIpc) is 3.27. The molecule has 2 fully saturated rings. The number of hydrogen-bond donors (Lipinski definition) is 1. The standard InChI is InChI=1S/C22H21N3O4/c26-19-8-3-11-24(19)14-15-4-1-6-17(12-15)23-22(29)16-5-2-7-18(13-16)25-20(27)9-10-21(25)28/h1-2,4-7,12-13H,3,8-11,14H2,(H,23,29). The maximum absolute atomic E-state index is 12.7. The number of rotatable bonds is 5. The Morgan fingerprint density at radius 2 is 1.66 bits per heavy atom. The number of benzene rings is 2. The summed E-state index contributed by atoms with van der Waals surface area (Å²) in [6.07, 6.45) is 1.87. The van der Waals surface area contributed by atoms with E-state index in [1.807, 2.05) is 23.1 Å². The number of nitrogens with one attached hydrogen (secondary N) is 1. The van der Waals surface area contributed by atoms with Gasteiger partial charge in [0.25, 0.3) is 5.91 Å². The molecule has 0 atom stereocenters. The first kappa shape index (κ1) is 18.9. The van der Waals surface area contributed by atoms with Gasteiger partial charge in [0.2, 0.25) is 17.7 Å². The van der Waals surface area contributed by atoms with Crippen molar-refractivity contribution in [3.8, 4) is 0 Å². The molecule has 4 rings (SSSR count). The van der Waals surface area contributed by atoms with Crippen LogP contribution in [0.5, 0.6) is 0 Å². The van der Waals surface area contributed by atoms with Crippen LogP contribution < -0.4 is 10.2 Å². The van der Waals surface area contributed by atoms with Crippen molar-refractivity contribution in [1.82, 2.24) is 4.90 Å². The van der Waals surface area contributed by atoms with Crippen LogP contribution in [0.1, 0.15) is 41.6 Å². The third-order valence-corrected chi connectivity index (χ3v) is 5.15. The number of amides is 4. The molecule has 0 unspecified atom stereocenters. The molecule has 4 amide bonds. The summed E-state index contributed by atoms with van der Waals surface area (Å²) < 4.78 is 0. The van der Waals surface area contributed by atoms with Crippen molar-refractivity contribution in [1.29, 1.82) is 0 Å². The second-order valence-corrected chi connectivity index (χ2v) is 7.25. The first-order valence-electron chi connectivity index (χ1n) is 9.65. The normalized spacial score (nSPS) is 16.6. The van der Waals surface area contributed by atoms with Gasteiger partial charge in [-0.2, -0.15) is 0 Å². The molecular weight excluding hydrogens is 370 g/mol. The van der Waals surface area contributed by atoms with Crippen molar-refractivity contribution in [2.75, 3.05) is 16.8 Å². The molecular formula is C22H21N3O4. The van der Waals surface area contributed by atoms with E-state index >= 15 is 0 Å². The van der Waals surface area contributed by atoms with E-state index in [4.69, 9.17) is 0 Å². The van der Waals surface area contributed by atoms with Gasteiger partial charge < -0.3 is 10.2 Å². The lowest BCUT2D eigenvalue weighted by molar-refractivity contribution is -0.128. The Balaban J connectivity index is 1.48. The zero-order chi connectivity index (χ0) is 20.4. The summed E-state index contributed by atoms with van der Waals surface area (Å²) in [6.45, 7) is 1.29. The quantitative estimate of drug-likeness (QED) is 0.794. The maximum Gasteiger partial charge on any atom is 0.255 e. The maximum atomic E-state index is 12.7. The van der Waals surface area contributed by atoms with Crippen molar-refractivity contribution in [2.45, 2.75) is 32.2 Å². The predicted molar refractivity (Wildman–Crippen MR) is 107 cm³/mol. The summed E-state index contributed by atoms with van der Waals surface area (Å²) in [5.74, 6) is -0.684. The molecule has 2 aliphatic rings. The molecule has 0 saturated carbocycles. The Kier molecular flexibility index (Phi) is 5.12.